The molecule has 2 atom stereocenters. The van der Waals surface area contributed by atoms with E-state index in [4.69, 9.17) is 0 Å². The Morgan fingerprint density at radius 2 is 1.91 bits per heavy atom. The van der Waals surface area contributed by atoms with Crippen molar-refractivity contribution in [3.8, 4) is 0 Å². The molecule has 0 saturated carbocycles. The molecular weight excluding hydrogens is 312 g/mol. The minimum Gasteiger partial charge on any atom is -0.348 e. The topological polar surface area (TPSA) is 57.7 Å². The Hall–Kier alpha value is -1.40. The molecule has 1 heterocycles. The van der Waals surface area contributed by atoms with Crippen LogP contribution in [0.2, 0.25) is 0 Å². The fraction of sp³-hybridized carbons (Fsp3) is 0.588. The maximum Gasteiger partial charge on any atom is 0.241 e. The number of benzene rings is 1. The van der Waals surface area contributed by atoms with E-state index in [2.05, 4.69) is 0 Å². The monoisotopic (exact) mass is 338 g/mol. The summed E-state index contributed by atoms with van der Waals surface area (Å²) in [5, 5.41) is -1.05. The highest BCUT2D eigenvalue weighted by molar-refractivity contribution is 7.90. The highest BCUT2D eigenvalue weighted by atomic mass is 32.2. The lowest BCUT2D eigenvalue weighted by molar-refractivity contribution is -0.128. The van der Waals surface area contributed by atoms with Crippen LogP contribution in [-0.2, 0) is 21.2 Å². The van der Waals surface area contributed by atoms with E-state index in [-0.39, 0.29) is 5.91 Å². The van der Waals surface area contributed by atoms with Crippen molar-refractivity contribution < 1.29 is 13.2 Å². The highest BCUT2D eigenvalue weighted by Crippen LogP contribution is 2.36. The fourth-order valence-electron chi connectivity index (χ4n) is 3.33. The van der Waals surface area contributed by atoms with Gasteiger partial charge in [-0.2, -0.15) is 4.31 Å². The third kappa shape index (κ3) is 3.58. The van der Waals surface area contributed by atoms with E-state index in [9.17, 15) is 13.2 Å². The van der Waals surface area contributed by atoms with E-state index >= 15 is 0 Å². The van der Waals surface area contributed by atoms with Gasteiger partial charge in [0, 0.05) is 26.2 Å². The van der Waals surface area contributed by atoms with Gasteiger partial charge in [0.15, 0.2) is 5.25 Å². The Morgan fingerprint density at radius 3 is 2.48 bits per heavy atom. The Labute approximate surface area is 139 Å². The molecule has 1 aromatic carbocycles. The predicted molar refractivity (Wildman–Crippen MR) is 91.6 cm³/mol. The second-order valence-corrected chi connectivity index (χ2v) is 8.93. The third-order valence-electron chi connectivity index (χ3n) is 4.65. The maximum atomic E-state index is 13.0. The van der Waals surface area contributed by atoms with Crippen LogP contribution in [0.5, 0.6) is 0 Å². The van der Waals surface area contributed by atoms with Gasteiger partial charge in [0.2, 0.25) is 15.9 Å². The van der Waals surface area contributed by atoms with Gasteiger partial charge in [-0.3, -0.25) is 4.79 Å². The van der Waals surface area contributed by atoms with Crippen molar-refractivity contribution in [3.05, 3.63) is 35.9 Å². The molecule has 0 N–H and O–H groups in total. The first kappa shape index (κ1) is 17.9. The smallest absolute Gasteiger partial charge is 0.241 e. The lowest BCUT2D eigenvalue weighted by Gasteiger charge is -2.36. The quantitative estimate of drug-likeness (QED) is 0.824. The number of carbonyl (C=O) groups excluding carboxylic acids is 1. The highest BCUT2D eigenvalue weighted by Gasteiger charge is 2.47. The van der Waals surface area contributed by atoms with E-state index in [0.29, 0.717) is 13.0 Å². The summed E-state index contributed by atoms with van der Waals surface area (Å²) in [5.74, 6) is -0.376. The summed E-state index contributed by atoms with van der Waals surface area (Å²) in [4.78, 5) is 13.5. The summed E-state index contributed by atoms with van der Waals surface area (Å²) in [6.45, 7) is 3.95. The maximum absolute atomic E-state index is 13.0. The van der Waals surface area contributed by atoms with Crippen molar-refractivity contribution in [2.24, 2.45) is 0 Å². The molecular formula is C17H26N2O3S. The molecule has 1 aromatic rings. The van der Waals surface area contributed by atoms with Gasteiger partial charge < -0.3 is 4.90 Å². The lowest BCUT2D eigenvalue weighted by Crippen LogP contribution is -2.52. The van der Waals surface area contributed by atoms with Gasteiger partial charge in [-0.1, -0.05) is 30.3 Å². The lowest BCUT2D eigenvalue weighted by atomic mass is 9.91. The summed E-state index contributed by atoms with van der Waals surface area (Å²) < 4.78 is 27.5. The molecule has 1 fully saturated rings. The standard InChI is InChI=1S/C17H26N2O3S/c1-14(16(20)18(3)4)23(21,22)19-12-8-11-17(19,2)13-15-9-6-5-7-10-15/h5-7,9-10,14H,8,11-13H2,1-4H3/t14-,17-/m1/s1. The van der Waals surface area contributed by atoms with Crippen molar-refractivity contribution in [1.29, 1.82) is 0 Å². The van der Waals surface area contributed by atoms with Gasteiger partial charge in [0.05, 0.1) is 0 Å². The average molecular weight is 338 g/mol. The largest absolute Gasteiger partial charge is 0.348 e. The second kappa shape index (κ2) is 6.61. The summed E-state index contributed by atoms with van der Waals surface area (Å²) >= 11 is 0. The van der Waals surface area contributed by atoms with Crippen molar-refractivity contribution >= 4 is 15.9 Å². The third-order valence-corrected chi connectivity index (χ3v) is 6.98. The Kier molecular flexibility index (Phi) is 5.16. The van der Waals surface area contributed by atoms with Crippen LogP contribution in [0.4, 0.5) is 0 Å². The summed E-state index contributed by atoms with van der Waals surface area (Å²) in [5.41, 5.74) is 0.643. The normalized spacial score (nSPS) is 23.7. The molecule has 2 rings (SSSR count). The molecule has 1 aliphatic rings. The number of amides is 1. The summed E-state index contributed by atoms with van der Waals surface area (Å²) in [6.07, 6.45) is 2.30. The fourth-order valence-corrected chi connectivity index (χ4v) is 5.33. The zero-order valence-electron chi connectivity index (χ0n) is 14.3. The first-order chi connectivity index (χ1) is 10.7. The van der Waals surface area contributed by atoms with Crippen LogP contribution in [-0.4, -0.2) is 55.0 Å². The molecule has 0 bridgehead atoms. The molecule has 6 heteroatoms. The van der Waals surface area contributed by atoms with E-state index < -0.39 is 20.8 Å². The van der Waals surface area contributed by atoms with Crippen LogP contribution in [0.15, 0.2) is 30.3 Å². The number of hydrogen-bond donors (Lipinski definition) is 0. The molecule has 1 amide bonds. The van der Waals surface area contributed by atoms with Crippen LogP contribution in [0.25, 0.3) is 0 Å². The van der Waals surface area contributed by atoms with Crippen LogP contribution in [0.3, 0.4) is 0 Å². The predicted octanol–water partition coefficient (Wildman–Crippen LogP) is 1.89. The van der Waals surface area contributed by atoms with E-state index in [1.54, 1.807) is 18.4 Å². The molecule has 0 aromatic heterocycles. The number of nitrogens with zero attached hydrogens (tertiary/aromatic N) is 2. The molecule has 0 radical (unpaired) electrons. The van der Waals surface area contributed by atoms with Crippen LogP contribution in [0, 0.1) is 0 Å². The number of carbonyl (C=O) groups is 1. The van der Waals surface area contributed by atoms with Gasteiger partial charge in [-0.15, -0.1) is 0 Å². The molecule has 23 heavy (non-hydrogen) atoms. The molecule has 0 spiro atoms. The minimum absolute atomic E-state index is 0.376. The summed E-state index contributed by atoms with van der Waals surface area (Å²) in [6, 6.07) is 9.91. The molecule has 128 valence electrons. The molecule has 5 nitrogen and oxygen atoms in total. The van der Waals surface area contributed by atoms with Gasteiger partial charge >= 0.3 is 0 Å². The molecule has 1 aliphatic heterocycles. The Bertz CT molecular complexity index is 658. The molecule has 1 saturated heterocycles. The van der Waals surface area contributed by atoms with E-state index in [0.717, 1.165) is 18.4 Å². The van der Waals surface area contributed by atoms with Crippen LogP contribution < -0.4 is 0 Å². The zero-order valence-corrected chi connectivity index (χ0v) is 15.1. The van der Waals surface area contributed by atoms with Gasteiger partial charge in [0.1, 0.15) is 0 Å². The number of hydrogen-bond acceptors (Lipinski definition) is 3. The average Bonchev–Trinajstić information content (AvgIpc) is 2.88. The molecule has 0 aliphatic carbocycles. The first-order valence-corrected chi connectivity index (χ1v) is 9.45. The van der Waals surface area contributed by atoms with E-state index in [1.807, 2.05) is 37.3 Å². The number of sulfonamides is 1. The van der Waals surface area contributed by atoms with Crippen molar-refractivity contribution in [2.75, 3.05) is 20.6 Å². The van der Waals surface area contributed by atoms with Gasteiger partial charge in [-0.05, 0) is 38.7 Å². The Balaban J connectivity index is 2.28. The summed E-state index contributed by atoms with van der Waals surface area (Å²) in [7, 11) is -0.499. The van der Waals surface area contributed by atoms with Gasteiger partial charge in [-0.25, -0.2) is 8.42 Å². The zero-order chi connectivity index (χ0) is 17.3. The van der Waals surface area contributed by atoms with Crippen molar-refractivity contribution in [2.45, 2.75) is 43.9 Å². The first-order valence-electron chi connectivity index (χ1n) is 7.95. The second-order valence-electron chi connectivity index (χ2n) is 6.75. The SMILES string of the molecule is C[C@H](C(=O)N(C)C)S(=O)(=O)N1CCC[C@]1(C)Cc1ccccc1. The minimum atomic E-state index is -3.67. The van der Waals surface area contributed by atoms with Crippen LogP contribution in [0.1, 0.15) is 32.3 Å². The van der Waals surface area contributed by atoms with Crippen LogP contribution >= 0.6 is 0 Å². The number of rotatable bonds is 5. The molecule has 0 unspecified atom stereocenters. The Morgan fingerprint density at radius 1 is 1.30 bits per heavy atom. The van der Waals surface area contributed by atoms with Crippen molar-refractivity contribution in [1.82, 2.24) is 9.21 Å². The van der Waals surface area contributed by atoms with Crippen molar-refractivity contribution in [3.63, 3.8) is 0 Å². The van der Waals surface area contributed by atoms with Gasteiger partial charge in [0.25, 0.3) is 0 Å². The van der Waals surface area contributed by atoms with E-state index in [1.165, 1.54) is 11.8 Å².